The normalized spacial score (nSPS) is 18.9. The number of hydrogen-bond acceptors (Lipinski definition) is 1. The minimum atomic E-state index is 0.586. The smallest absolute Gasteiger partial charge is 0.000546 e. The fourth-order valence-electron chi connectivity index (χ4n) is 3.17. The van der Waals surface area contributed by atoms with E-state index >= 15 is 0 Å². The van der Waals surface area contributed by atoms with E-state index in [9.17, 15) is 0 Å². The SMILES string of the molecule is Cc1ccc(C(CN)C2CCCC2)c(C)c1. The van der Waals surface area contributed by atoms with Crippen LogP contribution in [-0.2, 0) is 0 Å². The van der Waals surface area contributed by atoms with Gasteiger partial charge in [0.25, 0.3) is 0 Å². The van der Waals surface area contributed by atoms with Gasteiger partial charge in [-0.1, -0.05) is 36.6 Å². The molecule has 0 saturated heterocycles. The van der Waals surface area contributed by atoms with Crippen LogP contribution < -0.4 is 5.73 Å². The van der Waals surface area contributed by atoms with Gasteiger partial charge in [0.2, 0.25) is 0 Å². The molecule has 1 saturated carbocycles. The summed E-state index contributed by atoms with van der Waals surface area (Å²) >= 11 is 0. The average Bonchev–Trinajstić information content (AvgIpc) is 2.75. The van der Waals surface area contributed by atoms with Crippen molar-refractivity contribution in [1.82, 2.24) is 0 Å². The highest BCUT2D eigenvalue weighted by Crippen LogP contribution is 2.37. The molecule has 1 fully saturated rings. The molecule has 0 heterocycles. The summed E-state index contributed by atoms with van der Waals surface area (Å²) in [6.07, 6.45) is 5.53. The zero-order chi connectivity index (χ0) is 11.5. The van der Waals surface area contributed by atoms with Gasteiger partial charge in [0.05, 0.1) is 0 Å². The van der Waals surface area contributed by atoms with E-state index in [-0.39, 0.29) is 0 Å². The lowest BCUT2D eigenvalue weighted by molar-refractivity contribution is 0.439. The minimum Gasteiger partial charge on any atom is -0.330 e. The van der Waals surface area contributed by atoms with E-state index in [1.165, 1.54) is 42.4 Å². The molecule has 0 radical (unpaired) electrons. The summed E-state index contributed by atoms with van der Waals surface area (Å²) in [5, 5.41) is 0. The van der Waals surface area contributed by atoms with E-state index in [2.05, 4.69) is 32.0 Å². The number of aryl methyl sites for hydroxylation is 2. The van der Waals surface area contributed by atoms with Crippen molar-refractivity contribution >= 4 is 0 Å². The van der Waals surface area contributed by atoms with Crippen LogP contribution in [0.5, 0.6) is 0 Å². The van der Waals surface area contributed by atoms with Crippen LogP contribution in [0.25, 0.3) is 0 Å². The Labute approximate surface area is 99.0 Å². The van der Waals surface area contributed by atoms with E-state index in [4.69, 9.17) is 5.73 Å². The fraction of sp³-hybridized carbons (Fsp3) is 0.600. The summed E-state index contributed by atoms with van der Waals surface area (Å²) in [6, 6.07) is 6.80. The van der Waals surface area contributed by atoms with Gasteiger partial charge in [0.15, 0.2) is 0 Å². The first-order chi connectivity index (χ1) is 7.72. The molecule has 2 N–H and O–H groups in total. The Morgan fingerprint density at radius 3 is 2.50 bits per heavy atom. The molecule has 0 bridgehead atoms. The highest BCUT2D eigenvalue weighted by molar-refractivity contribution is 5.33. The topological polar surface area (TPSA) is 26.0 Å². The third kappa shape index (κ3) is 2.30. The van der Waals surface area contributed by atoms with Crippen molar-refractivity contribution in [2.24, 2.45) is 11.7 Å². The van der Waals surface area contributed by atoms with Crippen molar-refractivity contribution in [1.29, 1.82) is 0 Å². The van der Waals surface area contributed by atoms with Crippen molar-refractivity contribution in [3.63, 3.8) is 0 Å². The molecule has 16 heavy (non-hydrogen) atoms. The molecule has 0 aliphatic heterocycles. The van der Waals surface area contributed by atoms with Crippen LogP contribution in [0.2, 0.25) is 0 Å². The Hall–Kier alpha value is -0.820. The second-order valence-corrected chi connectivity index (χ2v) is 5.25. The Balaban J connectivity index is 2.25. The zero-order valence-corrected chi connectivity index (χ0v) is 10.5. The Bertz CT molecular complexity index is 350. The van der Waals surface area contributed by atoms with E-state index in [1.807, 2.05) is 0 Å². The zero-order valence-electron chi connectivity index (χ0n) is 10.5. The van der Waals surface area contributed by atoms with Crippen LogP contribution in [0, 0.1) is 19.8 Å². The molecule has 1 atom stereocenters. The van der Waals surface area contributed by atoms with Crippen molar-refractivity contribution < 1.29 is 0 Å². The first kappa shape index (κ1) is 11.7. The molecule has 1 aliphatic carbocycles. The van der Waals surface area contributed by atoms with E-state index in [0.29, 0.717) is 5.92 Å². The van der Waals surface area contributed by atoms with Crippen LogP contribution in [0.3, 0.4) is 0 Å². The highest BCUT2D eigenvalue weighted by atomic mass is 14.6. The molecule has 0 amide bonds. The van der Waals surface area contributed by atoms with Gasteiger partial charge in [0.1, 0.15) is 0 Å². The van der Waals surface area contributed by atoms with Gasteiger partial charge in [-0.25, -0.2) is 0 Å². The van der Waals surface area contributed by atoms with Gasteiger partial charge in [0, 0.05) is 0 Å². The first-order valence-corrected chi connectivity index (χ1v) is 6.49. The first-order valence-electron chi connectivity index (χ1n) is 6.49. The summed E-state index contributed by atoms with van der Waals surface area (Å²) in [6.45, 7) is 5.18. The second kappa shape index (κ2) is 5.01. The second-order valence-electron chi connectivity index (χ2n) is 5.25. The van der Waals surface area contributed by atoms with Gasteiger partial charge in [-0.2, -0.15) is 0 Å². The van der Waals surface area contributed by atoms with Gasteiger partial charge < -0.3 is 5.73 Å². The van der Waals surface area contributed by atoms with Crippen molar-refractivity contribution in [2.45, 2.75) is 45.4 Å². The van der Waals surface area contributed by atoms with E-state index < -0.39 is 0 Å². The molecule has 88 valence electrons. The van der Waals surface area contributed by atoms with Crippen molar-refractivity contribution in [3.05, 3.63) is 34.9 Å². The minimum absolute atomic E-state index is 0.586. The monoisotopic (exact) mass is 217 g/mol. The average molecular weight is 217 g/mol. The largest absolute Gasteiger partial charge is 0.330 e. The molecular weight excluding hydrogens is 194 g/mol. The van der Waals surface area contributed by atoms with Crippen molar-refractivity contribution in [2.75, 3.05) is 6.54 Å². The number of rotatable bonds is 3. The molecule has 1 unspecified atom stereocenters. The lowest BCUT2D eigenvalue weighted by Gasteiger charge is -2.24. The molecular formula is C15H23N. The van der Waals surface area contributed by atoms with Gasteiger partial charge in [-0.3, -0.25) is 0 Å². The predicted molar refractivity (Wildman–Crippen MR) is 69.7 cm³/mol. The molecule has 1 aromatic carbocycles. The third-order valence-corrected chi connectivity index (χ3v) is 4.05. The summed E-state index contributed by atoms with van der Waals surface area (Å²) in [4.78, 5) is 0. The van der Waals surface area contributed by atoms with Crippen LogP contribution >= 0.6 is 0 Å². The molecule has 1 aromatic rings. The molecule has 1 heteroatoms. The van der Waals surface area contributed by atoms with Crippen LogP contribution in [-0.4, -0.2) is 6.54 Å². The number of hydrogen-bond donors (Lipinski definition) is 1. The third-order valence-electron chi connectivity index (χ3n) is 4.05. The molecule has 1 nitrogen and oxygen atoms in total. The van der Waals surface area contributed by atoms with E-state index in [0.717, 1.165) is 12.5 Å². The van der Waals surface area contributed by atoms with Crippen molar-refractivity contribution in [3.8, 4) is 0 Å². The summed E-state index contributed by atoms with van der Waals surface area (Å²) < 4.78 is 0. The van der Waals surface area contributed by atoms with Gasteiger partial charge in [-0.15, -0.1) is 0 Å². The Morgan fingerprint density at radius 2 is 1.94 bits per heavy atom. The van der Waals surface area contributed by atoms with Crippen LogP contribution in [0.4, 0.5) is 0 Å². The maximum atomic E-state index is 5.99. The summed E-state index contributed by atoms with van der Waals surface area (Å²) in [5.74, 6) is 1.41. The van der Waals surface area contributed by atoms with Gasteiger partial charge >= 0.3 is 0 Å². The summed E-state index contributed by atoms with van der Waals surface area (Å²) in [7, 11) is 0. The van der Waals surface area contributed by atoms with E-state index in [1.54, 1.807) is 0 Å². The van der Waals surface area contributed by atoms with Gasteiger partial charge in [-0.05, 0) is 56.2 Å². The number of nitrogens with two attached hydrogens (primary N) is 1. The fourth-order valence-corrected chi connectivity index (χ4v) is 3.17. The molecule has 0 spiro atoms. The standard InChI is InChI=1S/C15H23N/c1-11-7-8-14(12(2)9-11)15(10-16)13-5-3-4-6-13/h7-9,13,15H,3-6,10,16H2,1-2H3. The van der Waals surface area contributed by atoms with Crippen LogP contribution in [0.15, 0.2) is 18.2 Å². The Kier molecular flexibility index (Phi) is 3.65. The lowest BCUT2D eigenvalue weighted by Crippen LogP contribution is -2.20. The highest BCUT2D eigenvalue weighted by Gasteiger charge is 2.25. The van der Waals surface area contributed by atoms with Crippen LogP contribution in [0.1, 0.15) is 48.3 Å². The quantitative estimate of drug-likeness (QED) is 0.823. The number of benzene rings is 1. The summed E-state index contributed by atoms with van der Waals surface area (Å²) in [5.41, 5.74) is 10.2. The predicted octanol–water partition coefficient (Wildman–Crippen LogP) is 3.54. The molecule has 2 rings (SSSR count). The Morgan fingerprint density at radius 1 is 1.25 bits per heavy atom. The molecule has 1 aliphatic rings. The maximum Gasteiger partial charge on any atom is -0.000546 e. The lowest BCUT2D eigenvalue weighted by atomic mass is 9.82. The molecule has 0 aromatic heterocycles. The maximum absolute atomic E-state index is 5.99.